The van der Waals surface area contributed by atoms with Crippen LogP contribution in [0.3, 0.4) is 0 Å². The average Bonchev–Trinajstić information content (AvgIpc) is 2.80. The maximum atomic E-state index is 12.6. The Hall–Kier alpha value is -1.71. The molecule has 0 fully saturated rings. The number of alkyl halides is 3. The summed E-state index contributed by atoms with van der Waals surface area (Å²) in [6.07, 6.45) is -4.51. The predicted molar refractivity (Wildman–Crippen MR) is 75.6 cm³/mol. The summed E-state index contributed by atoms with van der Waals surface area (Å²) in [7, 11) is 0. The molecule has 0 aliphatic rings. The highest BCUT2D eigenvalue weighted by Crippen LogP contribution is 2.31. The number of benzene rings is 1. The Morgan fingerprint density at radius 1 is 1.32 bits per heavy atom. The van der Waals surface area contributed by atoms with E-state index < -0.39 is 28.7 Å². The number of carbonyl (C=O) groups excluding carboxylic acids is 1. The number of thiophene rings is 1. The molecule has 0 saturated heterocycles. The zero-order valence-corrected chi connectivity index (χ0v) is 12.7. The molecule has 4 nitrogen and oxygen atoms in total. The molecule has 1 aromatic carbocycles. The first kappa shape index (κ1) is 16.7. The summed E-state index contributed by atoms with van der Waals surface area (Å²) in [5.74, 6) is -0.662. The summed E-state index contributed by atoms with van der Waals surface area (Å²) in [5, 5.41) is 2.33. The van der Waals surface area contributed by atoms with Crippen molar-refractivity contribution in [2.24, 2.45) is 0 Å². The molecule has 1 heterocycles. The van der Waals surface area contributed by atoms with E-state index in [-0.39, 0.29) is 15.5 Å². The standard InChI is InChI=1S/C13H10F3NO3S2/c1-7-10(6-11(21-7)22(19)20)12(18)17-9-4-2-3-8(5-9)13(14,15)16/h2-6H,1H3,(H,17,18)(H,19,20)/p-1. The predicted octanol–water partition coefficient (Wildman–Crippen LogP) is 3.57. The molecule has 2 aromatic rings. The molecule has 118 valence electrons. The Morgan fingerprint density at radius 2 is 2.00 bits per heavy atom. The lowest BCUT2D eigenvalue weighted by Gasteiger charge is -2.09. The molecular formula is C13H9F3NO3S2-. The third kappa shape index (κ3) is 3.73. The van der Waals surface area contributed by atoms with Crippen LogP contribution in [0.2, 0.25) is 0 Å². The van der Waals surface area contributed by atoms with Crippen LogP contribution in [0.1, 0.15) is 20.8 Å². The number of halogens is 3. The first-order valence-electron chi connectivity index (χ1n) is 5.87. The van der Waals surface area contributed by atoms with Gasteiger partial charge in [-0.15, -0.1) is 11.3 Å². The van der Waals surface area contributed by atoms with Gasteiger partial charge in [-0.2, -0.15) is 13.2 Å². The van der Waals surface area contributed by atoms with Crippen molar-refractivity contribution >= 4 is 34.0 Å². The number of aryl methyl sites for hydroxylation is 1. The maximum absolute atomic E-state index is 12.6. The Morgan fingerprint density at radius 3 is 2.55 bits per heavy atom. The van der Waals surface area contributed by atoms with Crippen LogP contribution in [0.25, 0.3) is 0 Å². The fourth-order valence-corrected chi connectivity index (χ4v) is 3.34. The Kier molecular flexibility index (Phi) is 4.69. The van der Waals surface area contributed by atoms with Gasteiger partial charge in [-0.1, -0.05) is 6.07 Å². The van der Waals surface area contributed by atoms with E-state index in [1.165, 1.54) is 18.2 Å². The lowest BCUT2D eigenvalue weighted by atomic mass is 10.2. The van der Waals surface area contributed by atoms with E-state index in [2.05, 4.69) is 5.32 Å². The minimum absolute atomic E-state index is 0.00769. The number of nitrogens with one attached hydrogen (secondary N) is 1. The zero-order chi connectivity index (χ0) is 16.5. The molecule has 0 saturated carbocycles. The van der Waals surface area contributed by atoms with Gasteiger partial charge in [-0.05, 0) is 42.3 Å². The molecule has 0 radical (unpaired) electrons. The van der Waals surface area contributed by atoms with E-state index in [9.17, 15) is 26.7 Å². The monoisotopic (exact) mass is 348 g/mol. The highest BCUT2D eigenvalue weighted by atomic mass is 32.2. The number of carbonyl (C=O) groups is 1. The van der Waals surface area contributed by atoms with Gasteiger partial charge < -0.3 is 9.87 Å². The number of hydrogen-bond donors (Lipinski definition) is 1. The van der Waals surface area contributed by atoms with E-state index >= 15 is 0 Å². The molecular weight excluding hydrogens is 339 g/mol. The Bertz CT molecular complexity index is 740. The van der Waals surface area contributed by atoms with Gasteiger partial charge >= 0.3 is 6.18 Å². The molecule has 1 atom stereocenters. The Labute approximate surface area is 130 Å². The second-order valence-corrected chi connectivity index (χ2v) is 6.73. The topological polar surface area (TPSA) is 69.2 Å². The highest BCUT2D eigenvalue weighted by molar-refractivity contribution is 7.81. The van der Waals surface area contributed by atoms with Crippen molar-refractivity contribution in [2.45, 2.75) is 17.3 Å². The Balaban J connectivity index is 2.24. The summed E-state index contributed by atoms with van der Waals surface area (Å²) in [6.45, 7) is 1.56. The van der Waals surface area contributed by atoms with Gasteiger partial charge in [0.1, 0.15) is 0 Å². The molecule has 2 rings (SSSR count). The summed E-state index contributed by atoms with van der Waals surface area (Å²) >= 11 is -1.54. The first-order valence-corrected chi connectivity index (χ1v) is 7.76. The summed E-state index contributed by atoms with van der Waals surface area (Å²) in [6, 6.07) is 5.39. The van der Waals surface area contributed by atoms with Gasteiger partial charge in [0.05, 0.1) is 15.3 Å². The van der Waals surface area contributed by atoms with Gasteiger partial charge in [0, 0.05) is 10.6 Å². The van der Waals surface area contributed by atoms with Crippen molar-refractivity contribution in [3.63, 3.8) is 0 Å². The van der Waals surface area contributed by atoms with Gasteiger partial charge in [0.2, 0.25) is 0 Å². The van der Waals surface area contributed by atoms with Gasteiger partial charge in [0.15, 0.2) is 0 Å². The van der Waals surface area contributed by atoms with Crippen molar-refractivity contribution in [1.82, 2.24) is 0 Å². The smallest absolute Gasteiger partial charge is 0.416 e. The second kappa shape index (κ2) is 6.19. The van der Waals surface area contributed by atoms with E-state index in [4.69, 9.17) is 0 Å². The summed E-state index contributed by atoms with van der Waals surface area (Å²) in [5.41, 5.74) is -0.787. The van der Waals surface area contributed by atoms with E-state index in [0.29, 0.717) is 4.88 Å². The van der Waals surface area contributed by atoms with Crippen molar-refractivity contribution in [1.29, 1.82) is 0 Å². The lowest BCUT2D eigenvalue weighted by molar-refractivity contribution is -0.137. The van der Waals surface area contributed by atoms with Crippen LogP contribution in [0.4, 0.5) is 18.9 Å². The number of anilines is 1. The van der Waals surface area contributed by atoms with Crippen LogP contribution >= 0.6 is 11.3 Å². The van der Waals surface area contributed by atoms with Crippen LogP contribution in [0.5, 0.6) is 0 Å². The van der Waals surface area contributed by atoms with Crippen molar-refractivity contribution < 1.29 is 26.7 Å². The average molecular weight is 348 g/mol. The first-order chi connectivity index (χ1) is 10.2. The quantitative estimate of drug-likeness (QED) is 0.862. The number of amides is 1. The van der Waals surface area contributed by atoms with Gasteiger partial charge in [-0.3, -0.25) is 9.00 Å². The molecule has 0 aliphatic carbocycles. The summed E-state index contributed by atoms with van der Waals surface area (Å²) in [4.78, 5) is 12.5. The molecule has 1 aromatic heterocycles. The lowest BCUT2D eigenvalue weighted by Crippen LogP contribution is -2.13. The highest BCUT2D eigenvalue weighted by Gasteiger charge is 2.30. The van der Waals surface area contributed by atoms with Crippen molar-refractivity contribution in [3.05, 3.63) is 46.3 Å². The maximum Gasteiger partial charge on any atom is 0.416 e. The molecule has 1 N–H and O–H groups in total. The fourth-order valence-electron chi connectivity index (χ4n) is 1.73. The number of hydrogen-bond acceptors (Lipinski definition) is 4. The van der Waals surface area contributed by atoms with Crippen LogP contribution < -0.4 is 5.32 Å². The fraction of sp³-hybridized carbons (Fsp3) is 0.154. The molecule has 0 spiro atoms. The van der Waals surface area contributed by atoms with Gasteiger partial charge in [-0.25, -0.2) is 0 Å². The van der Waals surface area contributed by atoms with E-state index in [0.717, 1.165) is 23.5 Å². The molecule has 22 heavy (non-hydrogen) atoms. The second-order valence-electron chi connectivity index (χ2n) is 4.30. The van der Waals surface area contributed by atoms with Crippen molar-refractivity contribution in [2.75, 3.05) is 5.32 Å². The summed E-state index contributed by atoms with van der Waals surface area (Å²) < 4.78 is 59.5. The SMILES string of the molecule is Cc1sc(S(=O)[O-])cc1C(=O)Nc1cccc(C(F)(F)F)c1. The molecule has 0 aliphatic heterocycles. The minimum atomic E-state index is -4.51. The van der Waals surface area contributed by atoms with Crippen LogP contribution in [0, 0.1) is 6.92 Å². The van der Waals surface area contributed by atoms with Crippen LogP contribution in [-0.4, -0.2) is 14.7 Å². The van der Waals surface area contributed by atoms with Crippen molar-refractivity contribution in [3.8, 4) is 0 Å². The minimum Gasteiger partial charge on any atom is -0.768 e. The molecule has 1 amide bonds. The molecule has 9 heteroatoms. The normalized spacial score (nSPS) is 13.0. The van der Waals surface area contributed by atoms with Crippen LogP contribution in [0.15, 0.2) is 34.5 Å². The van der Waals surface area contributed by atoms with E-state index in [1.54, 1.807) is 6.92 Å². The molecule has 0 bridgehead atoms. The largest absolute Gasteiger partial charge is 0.768 e. The van der Waals surface area contributed by atoms with E-state index in [1.807, 2.05) is 0 Å². The molecule has 1 unspecified atom stereocenters. The third-order valence-electron chi connectivity index (χ3n) is 2.75. The third-order valence-corrected chi connectivity index (χ3v) is 4.70. The van der Waals surface area contributed by atoms with Crippen LogP contribution in [-0.2, 0) is 17.3 Å². The number of rotatable bonds is 3. The van der Waals surface area contributed by atoms with Gasteiger partial charge in [0.25, 0.3) is 5.91 Å². The zero-order valence-electron chi connectivity index (χ0n) is 11.1.